The van der Waals surface area contributed by atoms with Crippen LogP contribution in [0.15, 0.2) is 24.3 Å². The number of hydrogen-bond acceptors (Lipinski definition) is 5. The van der Waals surface area contributed by atoms with E-state index >= 15 is 0 Å². The van der Waals surface area contributed by atoms with E-state index in [1.807, 2.05) is 6.07 Å². The summed E-state index contributed by atoms with van der Waals surface area (Å²) >= 11 is 0. The fraction of sp³-hybridized carbons (Fsp3) is 0.471. The van der Waals surface area contributed by atoms with Gasteiger partial charge in [0.2, 0.25) is 0 Å². The van der Waals surface area contributed by atoms with Crippen LogP contribution in [0.3, 0.4) is 0 Å². The number of hydrogen-bond donors (Lipinski definition) is 2. The van der Waals surface area contributed by atoms with Crippen molar-refractivity contribution in [2.24, 2.45) is 0 Å². The maximum absolute atomic E-state index is 12.5. The highest BCUT2D eigenvalue weighted by Crippen LogP contribution is 2.30. The van der Waals surface area contributed by atoms with Crippen molar-refractivity contribution in [3.8, 4) is 6.07 Å². The van der Waals surface area contributed by atoms with Crippen LogP contribution in [-0.2, 0) is 20.5 Å². The molecule has 0 spiro atoms. The first-order valence-corrected chi connectivity index (χ1v) is 7.81. The number of methoxy groups -OCH3 is 1. The van der Waals surface area contributed by atoms with Gasteiger partial charge in [-0.1, -0.05) is 12.1 Å². The van der Waals surface area contributed by atoms with E-state index in [2.05, 4.69) is 10.1 Å². The summed E-state index contributed by atoms with van der Waals surface area (Å²) in [5.74, 6) is -1.64. The van der Waals surface area contributed by atoms with E-state index in [0.29, 0.717) is 19.3 Å². The van der Waals surface area contributed by atoms with Crippen LogP contribution in [0.4, 0.5) is 13.2 Å². The molecule has 2 N–H and O–H groups in total. The van der Waals surface area contributed by atoms with E-state index in [4.69, 9.17) is 5.26 Å². The maximum Gasteiger partial charge on any atom is 0.416 e. The van der Waals surface area contributed by atoms with Crippen molar-refractivity contribution >= 4 is 11.9 Å². The molecular weight excluding hydrogens is 353 g/mol. The fourth-order valence-electron chi connectivity index (χ4n) is 2.20. The van der Waals surface area contributed by atoms with E-state index in [9.17, 15) is 27.9 Å². The highest BCUT2D eigenvalue weighted by Gasteiger charge is 2.31. The molecule has 1 amide bonds. The number of nitrogens with zero attached hydrogens (tertiary/aromatic N) is 1. The molecule has 0 fully saturated rings. The minimum atomic E-state index is -4.52. The van der Waals surface area contributed by atoms with Crippen molar-refractivity contribution in [2.45, 2.75) is 44.0 Å². The first-order chi connectivity index (χ1) is 12.2. The molecule has 0 bridgehead atoms. The molecule has 1 aromatic carbocycles. The Hall–Kier alpha value is -2.60. The largest absolute Gasteiger partial charge is 0.467 e. The molecule has 1 aromatic rings. The van der Waals surface area contributed by atoms with Gasteiger partial charge in [-0.3, -0.25) is 4.79 Å². The number of nitrogens with one attached hydrogen (secondary N) is 1. The standard InChI is InChI=1S/C17H19F3N2O4/c1-26-16(25)13(5-3-2-4-10-21)22-15(24)14(23)11-6-8-12(9-7-11)17(18,19)20/h6-9,13-14,23H,2-5H2,1H3,(H,22,24)/t13-,14-/m0/s1. The van der Waals surface area contributed by atoms with Crippen molar-refractivity contribution in [2.75, 3.05) is 7.11 Å². The summed E-state index contributed by atoms with van der Waals surface area (Å²) in [6.07, 6.45) is -4.74. The number of ether oxygens (including phenoxy) is 1. The van der Waals surface area contributed by atoms with Crippen LogP contribution in [0, 0.1) is 11.3 Å². The molecular formula is C17H19F3N2O4. The fourth-order valence-corrected chi connectivity index (χ4v) is 2.20. The average Bonchev–Trinajstić information content (AvgIpc) is 2.62. The highest BCUT2D eigenvalue weighted by molar-refractivity contribution is 5.87. The van der Waals surface area contributed by atoms with Gasteiger partial charge in [0, 0.05) is 6.42 Å². The molecule has 0 aliphatic heterocycles. The number of carbonyl (C=O) groups excluding carboxylic acids is 2. The van der Waals surface area contributed by atoms with Gasteiger partial charge in [0.25, 0.3) is 5.91 Å². The summed E-state index contributed by atoms with van der Waals surface area (Å²) in [5, 5.41) is 20.8. The zero-order valence-electron chi connectivity index (χ0n) is 14.0. The summed E-state index contributed by atoms with van der Waals surface area (Å²) in [4.78, 5) is 23.8. The second-order valence-electron chi connectivity index (χ2n) is 5.51. The lowest BCUT2D eigenvalue weighted by molar-refractivity contribution is -0.146. The highest BCUT2D eigenvalue weighted by atomic mass is 19.4. The molecule has 0 aromatic heterocycles. The van der Waals surface area contributed by atoms with Gasteiger partial charge < -0.3 is 15.2 Å². The Morgan fingerprint density at radius 2 is 1.88 bits per heavy atom. The molecule has 0 saturated heterocycles. The van der Waals surface area contributed by atoms with E-state index in [1.54, 1.807) is 0 Å². The van der Waals surface area contributed by atoms with Gasteiger partial charge in [-0.2, -0.15) is 18.4 Å². The number of aliphatic hydroxyl groups is 1. The molecule has 0 unspecified atom stereocenters. The van der Waals surface area contributed by atoms with E-state index in [0.717, 1.165) is 31.4 Å². The number of benzene rings is 1. The molecule has 1 rings (SSSR count). The average molecular weight is 372 g/mol. The third kappa shape index (κ3) is 6.37. The normalized spacial score (nSPS) is 13.4. The van der Waals surface area contributed by atoms with Gasteiger partial charge in [0.1, 0.15) is 6.04 Å². The summed E-state index contributed by atoms with van der Waals surface area (Å²) < 4.78 is 42.2. The zero-order valence-corrected chi connectivity index (χ0v) is 14.0. The number of carbonyl (C=O) groups is 2. The Morgan fingerprint density at radius 3 is 2.38 bits per heavy atom. The van der Waals surface area contributed by atoms with Crippen LogP contribution in [0.2, 0.25) is 0 Å². The van der Waals surface area contributed by atoms with Gasteiger partial charge >= 0.3 is 12.1 Å². The Morgan fingerprint density at radius 1 is 1.27 bits per heavy atom. The molecule has 26 heavy (non-hydrogen) atoms. The Kier molecular flexibility index (Phi) is 8.06. The topological polar surface area (TPSA) is 99.4 Å². The molecule has 0 aliphatic rings. The number of esters is 1. The van der Waals surface area contributed by atoms with Crippen molar-refractivity contribution < 1.29 is 32.6 Å². The van der Waals surface area contributed by atoms with E-state index < -0.39 is 35.8 Å². The minimum absolute atomic E-state index is 0.0383. The van der Waals surface area contributed by atoms with Crippen molar-refractivity contribution in [3.63, 3.8) is 0 Å². The van der Waals surface area contributed by atoms with Crippen LogP contribution in [0.25, 0.3) is 0 Å². The number of rotatable bonds is 8. The van der Waals surface area contributed by atoms with Gasteiger partial charge in [-0.05, 0) is 37.0 Å². The third-order valence-corrected chi connectivity index (χ3v) is 3.64. The van der Waals surface area contributed by atoms with Gasteiger partial charge in [-0.15, -0.1) is 0 Å². The van der Waals surface area contributed by atoms with Crippen LogP contribution in [-0.4, -0.2) is 30.1 Å². The molecule has 6 nitrogen and oxygen atoms in total. The monoisotopic (exact) mass is 372 g/mol. The number of amides is 1. The van der Waals surface area contributed by atoms with Crippen LogP contribution in [0.1, 0.15) is 42.9 Å². The predicted octanol–water partition coefficient (Wildman–Crippen LogP) is 2.48. The summed E-state index contributed by atoms with van der Waals surface area (Å²) in [6, 6.07) is 4.44. The smallest absolute Gasteiger partial charge is 0.416 e. The molecule has 142 valence electrons. The third-order valence-electron chi connectivity index (χ3n) is 3.64. The van der Waals surface area contributed by atoms with Crippen molar-refractivity contribution in [1.82, 2.24) is 5.32 Å². The van der Waals surface area contributed by atoms with Gasteiger partial charge in [0.15, 0.2) is 6.10 Å². The molecule has 2 atom stereocenters. The Labute approximate surface area is 148 Å². The lowest BCUT2D eigenvalue weighted by Gasteiger charge is -2.19. The Bertz CT molecular complexity index is 653. The first kappa shape index (κ1) is 21.4. The van der Waals surface area contributed by atoms with Gasteiger partial charge in [0.05, 0.1) is 18.7 Å². The van der Waals surface area contributed by atoms with Crippen LogP contribution < -0.4 is 5.32 Å². The van der Waals surface area contributed by atoms with E-state index in [-0.39, 0.29) is 12.0 Å². The van der Waals surface area contributed by atoms with Crippen LogP contribution >= 0.6 is 0 Å². The summed E-state index contributed by atoms with van der Waals surface area (Å²) in [7, 11) is 1.14. The lowest BCUT2D eigenvalue weighted by atomic mass is 10.0. The number of halogens is 3. The van der Waals surface area contributed by atoms with Crippen molar-refractivity contribution in [3.05, 3.63) is 35.4 Å². The van der Waals surface area contributed by atoms with Crippen LogP contribution in [0.5, 0.6) is 0 Å². The van der Waals surface area contributed by atoms with Gasteiger partial charge in [-0.25, -0.2) is 4.79 Å². The van der Waals surface area contributed by atoms with E-state index in [1.165, 1.54) is 0 Å². The molecule has 0 saturated carbocycles. The summed E-state index contributed by atoms with van der Waals surface area (Å²) in [6.45, 7) is 0. The SMILES string of the molecule is COC(=O)[C@H](CCCCC#N)NC(=O)[C@@H](O)c1ccc(C(F)(F)F)cc1. The second kappa shape index (κ2) is 9.77. The minimum Gasteiger partial charge on any atom is -0.467 e. The molecule has 9 heteroatoms. The number of alkyl halides is 3. The predicted molar refractivity (Wildman–Crippen MR) is 84.4 cm³/mol. The number of nitriles is 1. The molecule has 0 heterocycles. The van der Waals surface area contributed by atoms with Crippen molar-refractivity contribution in [1.29, 1.82) is 5.26 Å². The summed E-state index contributed by atoms with van der Waals surface area (Å²) in [5.41, 5.74) is -0.942. The zero-order chi connectivity index (χ0) is 19.7. The Balaban J connectivity index is 2.75. The first-order valence-electron chi connectivity index (χ1n) is 7.81. The molecule has 0 radical (unpaired) electrons. The second-order valence-corrected chi connectivity index (χ2v) is 5.51. The quantitative estimate of drug-likeness (QED) is 0.539. The maximum atomic E-state index is 12.5. The number of unbranched alkanes of at least 4 members (excludes halogenated alkanes) is 2. The molecule has 0 aliphatic carbocycles. The lowest BCUT2D eigenvalue weighted by Crippen LogP contribution is -2.43. The number of aliphatic hydroxyl groups excluding tert-OH is 1.